The lowest BCUT2D eigenvalue weighted by molar-refractivity contribution is 0.345. The minimum atomic E-state index is -3.52. The van der Waals surface area contributed by atoms with Crippen molar-refractivity contribution >= 4 is 49.7 Å². The normalized spacial score (nSPS) is 15.1. The summed E-state index contributed by atoms with van der Waals surface area (Å²) >= 11 is 4.43. The molecule has 0 radical (unpaired) electrons. The van der Waals surface area contributed by atoms with E-state index in [0.29, 0.717) is 21.0 Å². The molecular weight excluding hydrogens is 372 g/mol. The first kappa shape index (κ1) is 19.3. The van der Waals surface area contributed by atoms with Crippen LogP contribution in [0.4, 0.5) is 0 Å². The Kier molecular flexibility index (Phi) is 7.51. The van der Waals surface area contributed by atoms with Gasteiger partial charge in [0.05, 0.1) is 0 Å². The lowest BCUT2D eigenvalue weighted by atomic mass is 9.92. The number of hydrogen-bond acceptors (Lipinski definition) is 4. The largest absolute Gasteiger partial charge is 0.329 e. The maximum Gasteiger partial charge on any atom is 0.251 e. The molecular formula is C11H20BrClN2O2S2. The van der Waals surface area contributed by atoms with E-state index in [4.69, 9.17) is 5.73 Å². The van der Waals surface area contributed by atoms with E-state index >= 15 is 0 Å². The smallest absolute Gasteiger partial charge is 0.251 e. The van der Waals surface area contributed by atoms with Crippen molar-refractivity contribution in [1.29, 1.82) is 0 Å². The summed E-state index contributed by atoms with van der Waals surface area (Å²) in [6.07, 6.45) is 0.700. The van der Waals surface area contributed by atoms with Gasteiger partial charge in [0, 0.05) is 16.6 Å². The molecule has 0 spiro atoms. The summed E-state index contributed by atoms with van der Waals surface area (Å²) < 4.78 is 28.2. The van der Waals surface area contributed by atoms with Crippen LogP contribution in [0.3, 0.4) is 0 Å². The van der Waals surface area contributed by atoms with E-state index < -0.39 is 15.6 Å². The Morgan fingerprint density at radius 1 is 1.53 bits per heavy atom. The maximum absolute atomic E-state index is 12.3. The van der Waals surface area contributed by atoms with Gasteiger partial charge in [-0.2, -0.15) is 0 Å². The molecule has 0 aliphatic carbocycles. The lowest BCUT2D eigenvalue weighted by Crippen LogP contribution is -2.51. The van der Waals surface area contributed by atoms with Gasteiger partial charge in [0.15, 0.2) is 0 Å². The van der Waals surface area contributed by atoms with Crippen molar-refractivity contribution in [3.8, 4) is 0 Å². The third-order valence-corrected chi connectivity index (χ3v) is 6.83. The van der Waals surface area contributed by atoms with Gasteiger partial charge in [0.2, 0.25) is 0 Å². The number of nitrogens with one attached hydrogen (secondary N) is 1. The molecule has 0 aliphatic heterocycles. The molecule has 112 valence electrons. The second kappa shape index (κ2) is 7.38. The molecule has 1 rings (SSSR count). The summed E-state index contributed by atoms with van der Waals surface area (Å²) in [6, 6.07) is 1.72. The van der Waals surface area contributed by atoms with Crippen LogP contribution < -0.4 is 10.5 Å². The third-order valence-electron chi connectivity index (χ3n) is 2.52. The minimum absolute atomic E-state index is 0. The molecule has 1 unspecified atom stereocenters. The molecule has 1 atom stereocenters. The van der Waals surface area contributed by atoms with Crippen LogP contribution in [0.25, 0.3) is 0 Å². The first-order valence-corrected chi connectivity index (χ1v) is 8.83. The van der Waals surface area contributed by atoms with E-state index in [2.05, 4.69) is 20.7 Å². The Labute approximate surface area is 133 Å². The molecule has 19 heavy (non-hydrogen) atoms. The highest BCUT2D eigenvalue weighted by atomic mass is 79.9. The van der Waals surface area contributed by atoms with Gasteiger partial charge in [-0.1, -0.05) is 13.8 Å². The molecule has 1 heterocycles. The predicted molar refractivity (Wildman–Crippen MR) is 86.5 cm³/mol. The zero-order valence-electron chi connectivity index (χ0n) is 11.1. The molecule has 0 aliphatic rings. The summed E-state index contributed by atoms with van der Waals surface area (Å²) in [6.45, 7) is 6.20. The van der Waals surface area contributed by atoms with Crippen LogP contribution in [-0.4, -0.2) is 20.5 Å². The Balaban J connectivity index is 0.00000324. The van der Waals surface area contributed by atoms with Crippen LogP contribution in [0.15, 0.2) is 20.1 Å². The van der Waals surface area contributed by atoms with Crippen molar-refractivity contribution < 1.29 is 8.42 Å². The number of nitrogens with two attached hydrogens (primary N) is 1. The Morgan fingerprint density at radius 2 is 2.11 bits per heavy atom. The summed E-state index contributed by atoms with van der Waals surface area (Å²) in [4.78, 5) is 0. The van der Waals surface area contributed by atoms with E-state index in [1.54, 1.807) is 11.4 Å². The van der Waals surface area contributed by atoms with Gasteiger partial charge in [-0.3, -0.25) is 0 Å². The SMILES string of the molecule is CC(C)CC(C)(CN)NS(=O)(=O)c1sccc1Br.Cl. The van der Waals surface area contributed by atoms with Crippen molar-refractivity contribution in [3.63, 3.8) is 0 Å². The van der Waals surface area contributed by atoms with E-state index in [1.807, 2.05) is 20.8 Å². The fourth-order valence-electron chi connectivity index (χ4n) is 1.91. The Morgan fingerprint density at radius 3 is 2.47 bits per heavy atom. The van der Waals surface area contributed by atoms with Crippen LogP contribution in [0, 0.1) is 5.92 Å². The molecule has 0 bridgehead atoms. The summed E-state index contributed by atoms with van der Waals surface area (Å²) in [5, 5.41) is 1.74. The van der Waals surface area contributed by atoms with Gasteiger partial charge >= 0.3 is 0 Å². The highest BCUT2D eigenvalue weighted by Crippen LogP contribution is 2.29. The van der Waals surface area contributed by atoms with Gasteiger partial charge < -0.3 is 5.73 Å². The highest BCUT2D eigenvalue weighted by molar-refractivity contribution is 9.10. The standard InChI is InChI=1S/C11H19BrN2O2S2.ClH/c1-8(2)6-11(3,7-13)14-18(15,16)10-9(12)4-5-17-10;/h4-5,8,14H,6-7,13H2,1-3H3;1H. The molecule has 0 saturated carbocycles. The first-order valence-electron chi connectivity index (χ1n) is 5.67. The second-order valence-corrected chi connectivity index (χ2v) is 8.67. The van der Waals surface area contributed by atoms with Crippen molar-refractivity contribution in [2.45, 2.75) is 36.9 Å². The maximum atomic E-state index is 12.3. The van der Waals surface area contributed by atoms with E-state index in [-0.39, 0.29) is 19.0 Å². The molecule has 0 fully saturated rings. The van der Waals surface area contributed by atoms with Crippen molar-refractivity contribution in [2.24, 2.45) is 11.7 Å². The molecule has 0 saturated heterocycles. The van der Waals surface area contributed by atoms with Gasteiger partial charge in [0.25, 0.3) is 10.0 Å². The number of hydrogen-bond donors (Lipinski definition) is 2. The van der Waals surface area contributed by atoms with Crippen molar-refractivity contribution in [2.75, 3.05) is 6.54 Å². The van der Waals surface area contributed by atoms with E-state index in [1.165, 1.54) is 11.3 Å². The van der Waals surface area contributed by atoms with E-state index in [9.17, 15) is 8.42 Å². The number of thiophene rings is 1. The Bertz CT molecular complexity index is 505. The molecule has 0 aromatic carbocycles. The quantitative estimate of drug-likeness (QED) is 0.783. The molecule has 0 amide bonds. The fraction of sp³-hybridized carbons (Fsp3) is 0.636. The summed E-state index contributed by atoms with van der Waals surface area (Å²) in [7, 11) is -3.52. The lowest BCUT2D eigenvalue weighted by Gasteiger charge is -2.30. The van der Waals surface area contributed by atoms with Crippen LogP contribution in [0.1, 0.15) is 27.2 Å². The molecule has 1 aromatic heterocycles. The summed E-state index contributed by atoms with van der Waals surface area (Å²) in [5.74, 6) is 0.369. The average molecular weight is 392 g/mol. The fourth-order valence-corrected chi connectivity index (χ4v) is 5.68. The zero-order valence-corrected chi connectivity index (χ0v) is 15.2. The highest BCUT2D eigenvalue weighted by Gasteiger charge is 2.31. The average Bonchev–Trinajstić information content (AvgIpc) is 2.63. The van der Waals surface area contributed by atoms with Crippen molar-refractivity contribution in [1.82, 2.24) is 4.72 Å². The van der Waals surface area contributed by atoms with Gasteiger partial charge in [0.1, 0.15) is 4.21 Å². The van der Waals surface area contributed by atoms with Gasteiger partial charge in [-0.15, -0.1) is 23.7 Å². The molecule has 3 N–H and O–H groups in total. The van der Waals surface area contributed by atoms with E-state index in [0.717, 1.165) is 0 Å². The number of halogens is 2. The third kappa shape index (κ3) is 5.32. The van der Waals surface area contributed by atoms with Gasteiger partial charge in [-0.25, -0.2) is 13.1 Å². The topological polar surface area (TPSA) is 72.2 Å². The van der Waals surface area contributed by atoms with Crippen LogP contribution in [0.5, 0.6) is 0 Å². The minimum Gasteiger partial charge on any atom is -0.329 e. The van der Waals surface area contributed by atoms with Crippen LogP contribution in [0.2, 0.25) is 0 Å². The number of sulfonamides is 1. The van der Waals surface area contributed by atoms with Crippen LogP contribution >= 0.6 is 39.7 Å². The molecule has 1 aromatic rings. The molecule has 4 nitrogen and oxygen atoms in total. The Hall–Kier alpha value is 0.340. The zero-order chi connectivity index (χ0) is 14.0. The summed E-state index contributed by atoms with van der Waals surface area (Å²) in [5.41, 5.74) is 5.10. The number of rotatable bonds is 6. The van der Waals surface area contributed by atoms with Gasteiger partial charge in [-0.05, 0) is 46.6 Å². The van der Waals surface area contributed by atoms with Crippen molar-refractivity contribution in [3.05, 3.63) is 15.9 Å². The second-order valence-electron chi connectivity index (χ2n) is 5.02. The molecule has 8 heteroatoms. The first-order chi connectivity index (χ1) is 8.20. The monoisotopic (exact) mass is 390 g/mol. The van der Waals surface area contributed by atoms with Crippen LogP contribution in [-0.2, 0) is 10.0 Å². The predicted octanol–water partition coefficient (Wildman–Crippen LogP) is 2.97.